The average Bonchev–Trinajstić information content (AvgIpc) is 2.99. The Labute approximate surface area is 90.2 Å². The van der Waals surface area contributed by atoms with Crippen LogP contribution in [0.2, 0.25) is 0 Å². The maximum Gasteiger partial charge on any atom is 0.123 e. The molecule has 0 radical (unpaired) electrons. The van der Waals surface area contributed by atoms with Crippen molar-refractivity contribution in [2.24, 2.45) is 0 Å². The van der Waals surface area contributed by atoms with Crippen LogP contribution in [-0.4, -0.2) is 12.2 Å². The molecule has 0 saturated carbocycles. The van der Waals surface area contributed by atoms with Crippen molar-refractivity contribution >= 4 is 0 Å². The lowest BCUT2D eigenvalue weighted by atomic mass is 9.93. The highest BCUT2D eigenvalue weighted by atomic mass is 16.6. The van der Waals surface area contributed by atoms with Crippen LogP contribution in [0.3, 0.4) is 0 Å². The first-order valence-corrected chi connectivity index (χ1v) is 5.57. The van der Waals surface area contributed by atoms with E-state index < -0.39 is 0 Å². The minimum Gasteiger partial charge on any atom is -0.488 e. The number of hydrogen-bond donors (Lipinski definition) is 0. The van der Waals surface area contributed by atoms with Gasteiger partial charge in [-0.25, -0.2) is 0 Å². The molecule has 80 valence electrons. The lowest BCUT2D eigenvalue weighted by Gasteiger charge is -2.32. The van der Waals surface area contributed by atoms with Crippen LogP contribution < -0.4 is 4.74 Å². The van der Waals surface area contributed by atoms with Crippen molar-refractivity contribution < 1.29 is 9.47 Å². The molecular formula is C13H16O2. The van der Waals surface area contributed by atoms with Crippen LogP contribution in [0.15, 0.2) is 18.2 Å². The van der Waals surface area contributed by atoms with Crippen LogP contribution in [-0.2, 0) is 11.2 Å². The largest absolute Gasteiger partial charge is 0.488 e. The van der Waals surface area contributed by atoms with Gasteiger partial charge in [0, 0.05) is 0 Å². The summed E-state index contributed by atoms with van der Waals surface area (Å²) in [6, 6.07) is 6.45. The molecule has 0 aromatic heterocycles. The molecule has 0 unspecified atom stereocenters. The number of hydrogen-bond acceptors (Lipinski definition) is 2. The summed E-state index contributed by atoms with van der Waals surface area (Å²) in [5.41, 5.74) is 2.63. The first kappa shape index (κ1) is 9.22. The lowest BCUT2D eigenvalue weighted by Crippen LogP contribution is -2.32. The summed E-state index contributed by atoms with van der Waals surface area (Å²) >= 11 is 0. The van der Waals surface area contributed by atoms with Gasteiger partial charge in [-0.15, -0.1) is 0 Å². The maximum atomic E-state index is 5.93. The third-order valence-corrected chi connectivity index (χ3v) is 3.17. The van der Waals surface area contributed by atoms with Crippen molar-refractivity contribution in [2.75, 3.05) is 6.61 Å². The van der Waals surface area contributed by atoms with E-state index in [4.69, 9.17) is 9.47 Å². The van der Waals surface area contributed by atoms with E-state index in [-0.39, 0.29) is 5.60 Å². The second kappa shape index (κ2) is 2.99. The van der Waals surface area contributed by atoms with Gasteiger partial charge in [-0.2, -0.15) is 0 Å². The SMILES string of the molecule is CC1(C)CCc2cc([C@@H]3CO3)ccc2O1. The molecular weight excluding hydrogens is 188 g/mol. The summed E-state index contributed by atoms with van der Waals surface area (Å²) in [6.45, 7) is 5.17. The van der Waals surface area contributed by atoms with E-state index in [1.807, 2.05) is 0 Å². The Hall–Kier alpha value is -1.02. The van der Waals surface area contributed by atoms with Gasteiger partial charge in [0.25, 0.3) is 0 Å². The number of fused-ring (bicyclic) bond motifs is 1. The fourth-order valence-electron chi connectivity index (χ4n) is 2.12. The summed E-state index contributed by atoms with van der Waals surface area (Å²) < 4.78 is 11.2. The zero-order chi connectivity index (χ0) is 10.5. The summed E-state index contributed by atoms with van der Waals surface area (Å²) in [5, 5.41) is 0. The zero-order valence-electron chi connectivity index (χ0n) is 9.25. The number of ether oxygens (including phenoxy) is 2. The summed E-state index contributed by atoms with van der Waals surface area (Å²) in [5.74, 6) is 1.05. The lowest BCUT2D eigenvalue weighted by molar-refractivity contribution is 0.0846. The van der Waals surface area contributed by atoms with Gasteiger partial charge in [-0.05, 0) is 49.9 Å². The van der Waals surface area contributed by atoms with Crippen LogP contribution >= 0.6 is 0 Å². The van der Waals surface area contributed by atoms with Crippen molar-refractivity contribution in [3.63, 3.8) is 0 Å². The summed E-state index contributed by atoms with van der Waals surface area (Å²) in [7, 11) is 0. The van der Waals surface area contributed by atoms with Crippen LogP contribution in [0.5, 0.6) is 5.75 Å². The molecule has 2 aliphatic rings. The Morgan fingerprint density at radius 1 is 1.33 bits per heavy atom. The van der Waals surface area contributed by atoms with Crippen molar-refractivity contribution in [3.8, 4) is 5.75 Å². The van der Waals surface area contributed by atoms with Crippen LogP contribution in [0, 0.1) is 0 Å². The van der Waals surface area contributed by atoms with E-state index in [1.165, 1.54) is 11.1 Å². The van der Waals surface area contributed by atoms with E-state index in [0.717, 1.165) is 25.2 Å². The molecule has 2 aliphatic heterocycles. The number of epoxide rings is 1. The molecule has 1 saturated heterocycles. The molecule has 0 bridgehead atoms. The third-order valence-electron chi connectivity index (χ3n) is 3.17. The van der Waals surface area contributed by atoms with E-state index in [9.17, 15) is 0 Å². The van der Waals surface area contributed by atoms with Crippen molar-refractivity contribution in [3.05, 3.63) is 29.3 Å². The Morgan fingerprint density at radius 3 is 2.87 bits per heavy atom. The molecule has 1 fully saturated rings. The molecule has 1 aromatic carbocycles. The Bertz CT molecular complexity index is 392. The minimum absolute atomic E-state index is 0.00933. The molecule has 1 atom stereocenters. The first-order chi connectivity index (χ1) is 7.14. The van der Waals surface area contributed by atoms with Crippen LogP contribution in [0.4, 0.5) is 0 Å². The number of benzene rings is 1. The molecule has 15 heavy (non-hydrogen) atoms. The monoisotopic (exact) mass is 204 g/mol. The van der Waals surface area contributed by atoms with E-state index >= 15 is 0 Å². The molecule has 2 heteroatoms. The van der Waals surface area contributed by atoms with Crippen molar-refractivity contribution in [2.45, 2.75) is 38.4 Å². The third kappa shape index (κ3) is 1.74. The fraction of sp³-hybridized carbons (Fsp3) is 0.538. The molecule has 0 spiro atoms. The van der Waals surface area contributed by atoms with Gasteiger partial charge in [0.05, 0.1) is 6.61 Å². The van der Waals surface area contributed by atoms with E-state index in [2.05, 4.69) is 32.0 Å². The number of rotatable bonds is 1. The van der Waals surface area contributed by atoms with Crippen LogP contribution in [0.25, 0.3) is 0 Å². The van der Waals surface area contributed by atoms with Crippen molar-refractivity contribution in [1.29, 1.82) is 0 Å². The molecule has 1 aromatic rings. The van der Waals surface area contributed by atoms with Gasteiger partial charge in [-0.3, -0.25) is 0 Å². The van der Waals surface area contributed by atoms with Gasteiger partial charge in [0.2, 0.25) is 0 Å². The molecule has 2 heterocycles. The molecule has 0 N–H and O–H groups in total. The standard InChI is InChI=1S/C13H16O2/c1-13(2)6-5-10-7-9(12-8-14-12)3-4-11(10)15-13/h3-4,7,12H,5-6,8H2,1-2H3/t12-/m0/s1. The topological polar surface area (TPSA) is 21.8 Å². The highest BCUT2D eigenvalue weighted by Crippen LogP contribution is 2.37. The van der Waals surface area contributed by atoms with E-state index in [1.54, 1.807) is 0 Å². The Kier molecular flexibility index (Phi) is 1.84. The maximum absolute atomic E-state index is 5.93. The van der Waals surface area contributed by atoms with Gasteiger partial charge >= 0.3 is 0 Å². The predicted octanol–water partition coefficient (Wildman–Crippen LogP) is 2.86. The summed E-state index contributed by atoms with van der Waals surface area (Å²) in [6.07, 6.45) is 2.56. The summed E-state index contributed by atoms with van der Waals surface area (Å²) in [4.78, 5) is 0. The molecule has 0 aliphatic carbocycles. The molecule has 0 amide bonds. The minimum atomic E-state index is -0.00933. The average molecular weight is 204 g/mol. The molecule has 2 nitrogen and oxygen atoms in total. The van der Waals surface area contributed by atoms with Crippen molar-refractivity contribution in [1.82, 2.24) is 0 Å². The second-order valence-corrected chi connectivity index (χ2v) is 5.05. The quantitative estimate of drug-likeness (QED) is 0.656. The Morgan fingerprint density at radius 2 is 2.13 bits per heavy atom. The normalized spacial score (nSPS) is 26.7. The number of aryl methyl sites for hydroxylation is 1. The second-order valence-electron chi connectivity index (χ2n) is 5.05. The first-order valence-electron chi connectivity index (χ1n) is 5.57. The van der Waals surface area contributed by atoms with Gasteiger partial charge in [0.1, 0.15) is 17.5 Å². The highest BCUT2D eigenvalue weighted by molar-refractivity contribution is 5.40. The fourth-order valence-corrected chi connectivity index (χ4v) is 2.12. The van der Waals surface area contributed by atoms with Crippen LogP contribution in [0.1, 0.15) is 37.5 Å². The van der Waals surface area contributed by atoms with E-state index in [0.29, 0.717) is 6.10 Å². The van der Waals surface area contributed by atoms with Gasteiger partial charge < -0.3 is 9.47 Å². The van der Waals surface area contributed by atoms with Gasteiger partial charge in [0.15, 0.2) is 0 Å². The predicted molar refractivity (Wildman–Crippen MR) is 58.2 cm³/mol. The highest BCUT2D eigenvalue weighted by Gasteiger charge is 2.29. The molecule has 3 rings (SSSR count). The smallest absolute Gasteiger partial charge is 0.123 e. The zero-order valence-corrected chi connectivity index (χ0v) is 9.25. The van der Waals surface area contributed by atoms with Gasteiger partial charge in [-0.1, -0.05) is 6.07 Å². The Balaban J connectivity index is 1.93.